The molecule has 0 unspecified atom stereocenters. The van der Waals surface area contributed by atoms with Crippen molar-refractivity contribution in [2.24, 2.45) is 5.92 Å². The van der Waals surface area contributed by atoms with Gasteiger partial charge in [0.15, 0.2) is 0 Å². The number of nitrogens with zero attached hydrogens (tertiary/aromatic N) is 2. The zero-order chi connectivity index (χ0) is 14.7. The van der Waals surface area contributed by atoms with Crippen LogP contribution in [0.5, 0.6) is 0 Å². The molecule has 108 valence electrons. The summed E-state index contributed by atoms with van der Waals surface area (Å²) in [7, 11) is 0. The second-order valence-corrected chi connectivity index (χ2v) is 6.15. The van der Waals surface area contributed by atoms with Crippen LogP contribution in [-0.2, 0) is 22.5 Å². The third-order valence-corrected chi connectivity index (χ3v) is 3.98. The highest BCUT2D eigenvalue weighted by atomic mass is 32.1. The number of hydrogen-bond acceptors (Lipinski definition) is 5. The molecule has 0 amide bonds. The fourth-order valence-corrected chi connectivity index (χ4v) is 2.67. The summed E-state index contributed by atoms with van der Waals surface area (Å²) in [5.74, 6) is -0.131. The highest BCUT2D eigenvalue weighted by molar-refractivity contribution is 7.18. The molecule has 0 atom stereocenters. The number of hydrogen-bond donors (Lipinski definition) is 0. The quantitative estimate of drug-likeness (QED) is 0.793. The summed E-state index contributed by atoms with van der Waals surface area (Å²) in [5.41, 5.74) is -0.188. The third-order valence-electron chi connectivity index (χ3n) is 2.79. The van der Waals surface area contributed by atoms with Gasteiger partial charge in [-0.2, -0.15) is 0 Å². The maximum Gasteiger partial charge on any atom is 0.326 e. The lowest BCUT2D eigenvalue weighted by Gasteiger charge is -2.08. The Bertz CT molecular complexity index is 673. The first-order chi connectivity index (χ1) is 9.51. The molecule has 0 aliphatic carbocycles. The third kappa shape index (κ3) is 3.25. The van der Waals surface area contributed by atoms with E-state index in [1.165, 1.54) is 22.2 Å². The van der Waals surface area contributed by atoms with Crippen LogP contribution in [0.2, 0.25) is 0 Å². The highest BCUT2D eigenvalue weighted by Gasteiger charge is 2.11. The molecule has 0 spiro atoms. The monoisotopic (exact) mass is 294 g/mol. The van der Waals surface area contributed by atoms with Crippen LogP contribution in [-0.4, -0.2) is 22.1 Å². The molecule has 0 aliphatic rings. The Morgan fingerprint density at radius 3 is 2.90 bits per heavy atom. The van der Waals surface area contributed by atoms with Gasteiger partial charge in [0.2, 0.25) is 0 Å². The average molecular weight is 294 g/mol. The topological polar surface area (TPSA) is 61.2 Å². The molecule has 0 aliphatic heterocycles. The fraction of sp³-hybridized carbons (Fsp3) is 0.500. The van der Waals surface area contributed by atoms with Gasteiger partial charge in [-0.3, -0.25) is 14.2 Å². The van der Waals surface area contributed by atoms with Crippen LogP contribution in [0.4, 0.5) is 0 Å². The van der Waals surface area contributed by atoms with E-state index >= 15 is 0 Å². The predicted molar refractivity (Wildman–Crippen MR) is 79.1 cm³/mol. The summed E-state index contributed by atoms with van der Waals surface area (Å²) in [4.78, 5) is 30.0. The maximum absolute atomic E-state index is 12.3. The molecule has 20 heavy (non-hydrogen) atoms. The Kier molecular flexibility index (Phi) is 4.54. The SMILES string of the molecule is CCc1cc2c(=O)n(CC(=O)OCC(C)C)cnc2s1. The molecule has 0 aromatic carbocycles. The maximum atomic E-state index is 12.3. The number of esters is 1. The number of carbonyl (C=O) groups is 1. The van der Waals surface area contributed by atoms with Crippen LogP contribution in [0.3, 0.4) is 0 Å². The molecular weight excluding hydrogens is 276 g/mol. The lowest BCUT2D eigenvalue weighted by molar-refractivity contribution is -0.145. The van der Waals surface area contributed by atoms with Crippen molar-refractivity contribution in [3.05, 3.63) is 27.6 Å². The largest absolute Gasteiger partial charge is 0.464 e. The van der Waals surface area contributed by atoms with Crippen LogP contribution < -0.4 is 5.56 Å². The van der Waals surface area contributed by atoms with E-state index in [2.05, 4.69) is 4.98 Å². The first-order valence-corrected chi connectivity index (χ1v) is 7.46. The number of thiophene rings is 1. The van der Waals surface area contributed by atoms with Crippen molar-refractivity contribution in [2.75, 3.05) is 6.61 Å². The molecule has 2 rings (SSSR count). The smallest absolute Gasteiger partial charge is 0.326 e. The van der Waals surface area contributed by atoms with Gasteiger partial charge in [0.1, 0.15) is 11.4 Å². The van der Waals surface area contributed by atoms with Crippen LogP contribution in [0, 0.1) is 5.92 Å². The Labute approximate surface area is 121 Å². The Hall–Kier alpha value is -1.69. The molecule has 6 heteroatoms. The van der Waals surface area contributed by atoms with Gasteiger partial charge in [-0.15, -0.1) is 11.3 Å². The van der Waals surface area contributed by atoms with Crippen molar-refractivity contribution in [2.45, 2.75) is 33.7 Å². The van der Waals surface area contributed by atoms with Crippen molar-refractivity contribution >= 4 is 27.5 Å². The summed E-state index contributed by atoms with van der Waals surface area (Å²) >= 11 is 1.51. The Morgan fingerprint density at radius 1 is 1.50 bits per heavy atom. The van der Waals surface area contributed by atoms with Gasteiger partial charge in [0.05, 0.1) is 18.3 Å². The standard InChI is InChI=1S/C14H18N2O3S/c1-4-10-5-11-13(20-10)15-8-16(14(11)18)6-12(17)19-7-9(2)3/h5,8-9H,4,6-7H2,1-3H3. The number of aromatic nitrogens is 2. The number of ether oxygens (including phenoxy) is 1. The number of rotatable bonds is 5. The lowest BCUT2D eigenvalue weighted by atomic mass is 10.2. The first-order valence-electron chi connectivity index (χ1n) is 6.64. The normalized spacial score (nSPS) is 11.2. The minimum Gasteiger partial charge on any atom is -0.464 e. The molecular formula is C14H18N2O3S. The van der Waals surface area contributed by atoms with E-state index in [1.54, 1.807) is 0 Å². The van der Waals surface area contributed by atoms with E-state index in [1.807, 2.05) is 26.8 Å². The second-order valence-electron chi connectivity index (χ2n) is 5.04. The Morgan fingerprint density at radius 2 is 2.25 bits per heavy atom. The number of carbonyl (C=O) groups excluding carboxylic acids is 1. The molecule has 5 nitrogen and oxygen atoms in total. The van der Waals surface area contributed by atoms with Gasteiger partial charge in [-0.1, -0.05) is 20.8 Å². The van der Waals surface area contributed by atoms with Gasteiger partial charge in [-0.05, 0) is 18.4 Å². The summed E-state index contributed by atoms with van der Waals surface area (Å²) in [6.45, 7) is 6.23. The van der Waals surface area contributed by atoms with Crippen LogP contribution >= 0.6 is 11.3 Å². The molecule has 0 N–H and O–H groups in total. The van der Waals surface area contributed by atoms with Crippen molar-refractivity contribution in [3.8, 4) is 0 Å². The van der Waals surface area contributed by atoms with E-state index < -0.39 is 5.97 Å². The molecule has 0 radical (unpaired) electrons. The van der Waals surface area contributed by atoms with E-state index in [9.17, 15) is 9.59 Å². The minimum atomic E-state index is -0.409. The van der Waals surface area contributed by atoms with Crippen LogP contribution in [0.15, 0.2) is 17.2 Å². The average Bonchev–Trinajstić information content (AvgIpc) is 2.84. The van der Waals surface area contributed by atoms with Crippen molar-refractivity contribution in [3.63, 3.8) is 0 Å². The summed E-state index contributed by atoms with van der Waals surface area (Å²) in [6.07, 6.45) is 2.29. The predicted octanol–water partition coefficient (Wildman–Crippen LogP) is 2.22. The molecule has 0 bridgehead atoms. The van der Waals surface area contributed by atoms with Gasteiger partial charge in [-0.25, -0.2) is 4.98 Å². The highest BCUT2D eigenvalue weighted by Crippen LogP contribution is 2.20. The second kappa shape index (κ2) is 6.17. The fourth-order valence-electron chi connectivity index (χ4n) is 1.74. The Balaban J connectivity index is 2.20. The van der Waals surface area contributed by atoms with E-state index in [-0.39, 0.29) is 18.0 Å². The molecule has 0 saturated heterocycles. The summed E-state index contributed by atoms with van der Waals surface area (Å²) in [5, 5.41) is 0.575. The van der Waals surface area contributed by atoms with Crippen molar-refractivity contribution < 1.29 is 9.53 Å². The summed E-state index contributed by atoms with van der Waals surface area (Å²) < 4.78 is 6.38. The van der Waals surface area contributed by atoms with Crippen LogP contribution in [0.1, 0.15) is 25.6 Å². The minimum absolute atomic E-state index is 0.0915. The lowest BCUT2D eigenvalue weighted by Crippen LogP contribution is -2.26. The number of aryl methyl sites for hydroxylation is 1. The molecule has 2 aromatic rings. The van der Waals surface area contributed by atoms with Gasteiger partial charge in [0, 0.05) is 4.88 Å². The van der Waals surface area contributed by atoms with Crippen LogP contribution in [0.25, 0.3) is 10.2 Å². The van der Waals surface area contributed by atoms with Crippen molar-refractivity contribution in [1.29, 1.82) is 0 Å². The van der Waals surface area contributed by atoms with E-state index in [4.69, 9.17) is 4.74 Å². The molecule has 0 fully saturated rings. The van der Waals surface area contributed by atoms with Gasteiger partial charge < -0.3 is 4.74 Å². The van der Waals surface area contributed by atoms with Gasteiger partial charge in [0.25, 0.3) is 5.56 Å². The van der Waals surface area contributed by atoms with E-state index in [0.717, 1.165) is 16.1 Å². The molecule has 2 heterocycles. The van der Waals surface area contributed by atoms with Gasteiger partial charge >= 0.3 is 5.97 Å². The summed E-state index contributed by atoms with van der Waals surface area (Å²) in [6, 6.07) is 1.85. The number of fused-ring (bicyclic) bond motifs is 1. The van der Waals surface area contributed by atoms with E-state index in [0.29, 0.717) is 12.0 Å². The zero-order valence-electron chi connectivity index (χ0n) is 11.9. The first kappa shape index (κ1) is 14.7. The molecule has 2 aromatic heterocycles. The van der Waals surface area contributed by atoms with Crippen molar-refractivity contribution in [1.82, 2.24) is 9.55 Å². The zero-order valence-corrected chi connectivity index (χ0v) is 12.7. The molecule has 0 saturated carbocycles.